The Labute approximate surface area is 205 Å². The number of carbonyl (C=O) groups excluding carboxylic acids is 1. The van der Waals surface area contributed by atoms with Crippen LogP contribution < -0.4 is 10.2 Å². The number of hydrogen-bond acceptors (Lipinski definition) is 5. The predicted molar refractivity (Wildman–Crippen MR) is 132 cm³/mol. The van der Waals surface area contributed by atoms with E-state index in [2.05, 4.69) is 45.9 Å². The Kier molecular flexibility index (Phi) is 6.51. The molecular weight excluding hydrogens is 453 g/mol. The van der Waals surface area contributed by atoms with Gasteiger partial charge < -0.3 is 15.1 Å². The van der Waals surface area contributed by atoms with Crippen LogP contribution in [0.25, 0.3) is 0 Å². The molecule has 1 amide bonds. The maximum absolute atomic E-state index is 14.5. The molecule has 182 valence electrons. The molecule has 2 fully saturated rings. The number of aromatic nitrogens is 2. The van der Waals surface area contributed by atoms with E-state index in [1.165, 1.54) is 6.33 Å². The molecule has 34 heavy (non-hydrogen) atoms. The molecule has 2 aromatic rings. The summed E-state index contributed by atoms with van der Waals surface area (Å²) in [5.74, 6) is 0.880. The second-order valence-corrected chi connectivity index (χ2v) is 10.7. The Morgan fingerprint density at radius 3 is 2.50 bits per heavy atom. The van der Waals surface area contributed by atoms with Crippen molar-refractivity contribution in [3.63, 3.8) is 0 Å². The summed E-state index contributed by atoms with van der Waals surface area (Å²) in [6, 6.07) is 8.18. The van der Waals surface area contributed by atoms with Crippen LogP contribution in [0.3, 0.4) is 0 Å². The van der Waals surface area contributed by atoms with Crippen LogP contribution in [0, 0.1) is 0 Å². The highest BCUT2D eigenvalue weighted by molar-refractivity contribution is 6.30. The Balaban J connectivity index is 1.38. The van der Waals surface area contributed by atoms with Crippen LogP contribution in [0.2, 0.25) is 5.02 Å². The van der Waals surface area contributed by atoms with Crippen molar-refractivity contribution in [2.75, 3.05) is 24.5 Å². The van der Waals surface area contributed by atoms with Gasteiger partial charge in [0.25, 0.3) is 0 Å². The van der Waals surface area contributed by atoms with Crippen molar-refractivity contribution >= 4 is 23.3 Å². The molecule has 2 unspecified atom stereocenters. The Morgan fingerprint density at radius 2 is 1.85 bits per heavy atom. The van der Waals surface area contributed by atoms with Gasteiger partial charge in [-0.05, 0) is 42.9 Å². The quantitative estimate of drug-likeness (QED) is 0.647. The van der Waals surface area contributed by atoms with E-state index in [1.807, 2.05) is 24.3 Å². The number of hydrogen-bond donors (Lipinski definition) is 1. The molecule has 2 saturated heterocycles. The number of amides is 1. The van der Waals surface area contributed by atoms with Crippen molar-refractivity contribution in [1.29, 1.82) is 0 Å². The number of rotatable bonds is 6. The third-order valence-corrected chi connectivity index (χ3v) is 7.83. The summed E-state index contributed by atoms with van der Waals surface area (Å²) in [6.45, 7) is 8.27. The summed E-state index contributed by atoms with van der Waals surface area (Å²) < 4.78 is 14.5. The van der Waals surface area contributed by atoms with E-state index in [0.29, 0.717) is 23.7 Å². The fourth-order valence-electron chi connectivity index (χ4n) is 5.93. The molecule has 1 N–H and O–H groups in total. The highest BCUT2D eigenvalue weighted by Gasteiger charge is 2.46. The number of nitrogens with one attached hydrogen (secondary N) is 1. The second kappa shape index (κ2) is 9.42. The first-order valence-corrected chi connectivity index (χ1v) is 12.8. The summed E-state index contributed by atoms with van der Waals surface area (Å²) in [6.07, 6.45) is 2.91. The van der Waals surface area contributed by atoms with Crippen molar-refractivity contribution in [2.45, 2.75) is 76.2 Å². The SMILES string of the molecule is CC(C)NC[C@@H](C(=O)N1C2CCC1CN(c1ncnc3c1[C@H](C)C[C@H]3F)C2)c1ccc(Cl)cc1. The van der Waals surface area contributed by atoms with Crippen LogP contribution >= 0.6 is 11.6 Å². The van der Waals surface area contributed by atoms with Crippen molar-refractivity contribution in [3.05, 3.63) is 52.4 Å². The molecule has 0 spiro atoms. The van der Waals surface area contributed by atoms with Crippen molar-refractivity contribution in [1.82, 2.24) is 20.2 Å². The fourth-order valence-corrected chi connectivity index (χ4v) is 6.05. The normalized spacial score (nSPS) is 26.8. The van der Waals surface area contributed by atoms with Crippen LogP contribution in [0.1, 0.15) is 74.9 Å². The van der Waals surface area contributed by atoms with E-state index in [9.17, 15) is 9.18 Å². The maximum atomic E-state index is 14.5. The number of fused-ring (bicyclic) bond motifs is 3. The number of alkyl halides is 1. The Hall–Kier alpha value is -2.25. The largest absolute Gasteiger partial charge is 0.352 e. The smallest absolute Gasteiger partial charge is 0.232 e. The summed E-state index contributed by atoms with van der Waals surface area (Å²) in [7, 11) is 0. The van der Waals surface area contributed by atoms with Crippen molar-refractivity contribution < 1.29 is 9.18 Å². The number of piperazine rings is 1. The average Bonchev–Trinajstić information content (AvgIpc) is 3.25. The molecule has 0 saturated carbocycles. The zero-order valence-electron chi connectivity index (χ0n) is 20.0. The van der Waals surface area contributed by atoms with E-state index >= 15 is 0 Å². The molecule has 2 bridgehead atoms. The van der Waals surface area contributed by atoms with E-state index in [1.54, 1.807) is 0 Å². The molecule has 5 atom stereocenters. The van der Waals surface area contributed by atoms with Crippen LogP contribution in [0.5, 0.6) is 0 Å². The summed E-state index contributed by atoms with van der Waals surface area (Å²) in [5.41, 5.74) is 2.49. The summed E-state index contributed by atoms with van der Waals surface area (Å²) in [4.78, 5) is 27.2. The third-order valence-electron chi connectivity index (χ3n) is 7.58. The number of anilines is 1. The summed E-state index contributed by atoms with van der Waals surface area (Å²) in [5, 5.41) is 4.13. The topological polar surface area (TPSA) is 61.4 Å². The zero-order valence-corrected chi connectivity index (χ0v) is 20.8. The molecular formula is C26H33ClFN5O. The van der Waals surface area contributed by atoms with E-state index in [0.717, 1.165) is 42.9 Å². The minimum absolute atomic E-state index is 0.106. The van der Waals surface area contributed by atoms with Gasteiger partial charge in [0.2, 0.25) is 5.91 Å². The number of nitrogens with zero attached hydrogens (tertiary/aromatic N) is 4. The maximum Gasteiger partial charge on any atom is 0.232 e. The van der Waals surface area contributed by atoms with Gasteiger partial charge in [-0.3, -0.25) is 4.79 Å². The van der Waals surface area contributed by atoms with Gasteiger partial charge in [0.15, 0.2) is 0 Å². The number of benzene rings is 1. The Bertz CT molecular complexity index is 1030. The molecule has 2 aliphatic heterocycles. The van der Waals surface area contributed by atoms with Gasteiger partial charge in [-0.2, -0.15) is 0 Å². The van der Waals surface area contributed by atoms with Crippen molar-refractivity contribution in [2.24, 2.45) is 0 Å². The van der Waals surface area contributed by atoms with Gasteiger partial charge in [-0.25, -0.2) is 14.4 Å². The van der Waals surface area contributed by atoms with Gasteiger partial charge >= 0.3 is 0 Å². The highest BCUT2D eigenvalue weighted by Crippen LogP contribution is 2.46. The van der Waals surface area contributed by atoms with Crippen molar-refractivity contribution in [3.8, 4) is 0 Å². The lowest BCUT2D eigenvalue weighted by Crippen LogP contribution is -2.58. The first-order valence-electron chi connectivity index (χ1n) is 12.4. The number of carbonyl (C=O) groups is 1. The third kappa shape index (κ3) is 4.29. The zero-order chi connectivity index (χ0) is 24.0. The van der Waals surface area contributed by atoms with E-state index in [4.69, 9.17) is 11.6 Å². The van der Waals surface area contributed by atoms with Gasteiger partial charge in [0, 0.05) is 48.3 Å². The first kappa shape index (κ1) is 23.5. The monoisotopic (exact) mass is 485 g/mol. The van der Waals surface area contributed by atoms with Gasteiger partial charge in [0.1, 0.15) is 18.3 Å². The van der Waals surface area contributed by atoms with Crippen LogP contribution in [-0.4, -0.2) is 58.5 Å². The minimum Gasteiger partial charge on any atom is -0.352 e. The van der Waals surface area contributed by atoms with Crippen LogP contribution in [0.4, 0.5) is 10.2 Å². The summed E-state index contributed by atoms with van der Waals surface area (Å²) >= 11 is 6.11. The lowest BCUT2D eigenvalue weighted by atomic mass is 9.95. The average molecular weight is 486 g/mol. The second-order valence-electron chi connectivity index (χ2n) is 10.3. The van der Waals surface area contributed by atoms with E-state index < -0.39 is 6.17 Å². The predicted octanol–water partition coefficient (Wildman–Crippen LogP) is 4.61. The molecule has 8 heteroatoms. The molecule has 6 nitrogen and oxygen atoms in total. The molecule has 5 rings (SSSR count). The van der Waals surface area contributed by atoms with Crippen LogP contribution in [0.15, 0.2) is 30.6 Å². The molecule has 1 aromatic carbocycles. The van der Waals surface area contributed by atoms with E-state index in [-0.39, 0.29) is 35.9 Å². The highest BCUT2D eigenvalue weighted by atomic mass is 35.5. The molecule has 0 radical (unpaired) electrons. The van der Waals surface area contributed by atoms with Gasteiger partial charge in [-0.1, -0.05) is 44.5 Å². The first-order chi connectivity index (χ1) is 16.3. The fraction of sp³-hybridized carbons (Fsp3) is 0.577. The lowest BCUT2D eigenvalue weighted by molar-refractivity contribution is -0.136. The Morgan fingerprint density at radius 1 is 1.18 bits per heavy atom. The number of halogens is 2. The molecule has 1 aromatic heterocycles. The molecule has 1 aliphatic carbocycles. The standard InChI is InChI=1S/C26H33ClFN5O/c1-15(2)29-11-21(17-4-6-18(27)7-5-17)26(34)33-19-8-9-20(33)13-32(12-19)25-23-16(3)10-22(28)24(23)30-14-31-25/h4-7,14-16,19-22,29H,8-13H2,1-3H3/t16-,19?,20?,21-,22-/m1/s1. The van der Waals surface area contributed by atoms with Crippen LogP contribution in [-0.2, 0) is 4.79 Å². The molecule has 3 heterocycles. The minimum atomic E-state index is -1.01. The molecule has 3 aliphatic rings. The van der Waals surface area contributed by atoms with Gasteiger partial charge in [-0.15, -0.1) is 0 Å². The lowest BCUT2D eigenvalue weighted by Gasteiger charge is -2.43. The van der Waals surface area contributed by atoms with Gasteiger partial charge in [0.05, 0.1) is 11.6 Å².